The molecule has 0 atom stereocenters. The minimum absolute atomic E-state index is 0.116. The summed E-state index contributed by atoms with van der Waals surface area (Å²) in [6.07, 6.45) is 3.88. The number of carboxylic acids is 1. The summed E-state index contributed by atoms with van der Waals surface area (Å²) in [7, 11) is 0. The van der Waals surface area contributed by atoms with E-state index in [0.29, 0.717) is 13.2 Å². The molecule has 1 aliphatic carbocycles. The molecule has 1 spiro atoms. The molecule has 2 aromatic rings. The highest BCUT2D eigenvalue weighted by molar-refractivity contribution is 6.13. The third kappa shape index (κ3) is 4.77. The molecule has 1 saturated heterocycles. The van der Waals surface area contributed by atoms with Crippen LogP contribution in [-0.2, 0) is 19.7 Å². The molecule has 2 N–H and O–H groups in total. The van der Waals surface area contributed by atoms with E-state index < -0.39 is 17.6 Å². The number of hydrogen-bond donors (Lipinski definition) is 2. The summed E-state index contributed by atoms with van der Waals surface area (Å²) in [6, 6.07) is 6.30. The number of aliphatic carboxylic acids is 1. The quantitative estimate of drug-likeness (QED) is 0.712. The third-order valence-electron chi connectivity index (χ3n) is 6.05. The van der Waals surface area contributed by atoms with Gasteiger partial charge >= 0.3 is 12.1 Å². The molecule has 2 aliphatic heterocycles. The SMILES string of the molecule is O=C(O)C(F)(F)F.O=C1N(c2cncnc2)c2ccc(NCC3CC3)cc2C12CCOCC2. The second-order valence-electron chi connectivity index (χ2n) is 8.29. The van der Waals surface area contributed by atoms with Crippen LogP contribution in [0, 0.1) is 5.92 Å². The molecule has 1 saturated carbocycles. The zero-order valence-corrected chi connectivity index (χ0v) is 17.6. The number of fused-ring (bicyclic) bond motifs is 2. The number of amides is 1. The van der Waals surface area contributed by atoms with Crippen LogP contribution < -0.4 is 10.2 Å². The maximum Gasteiger partial charge on any atom is 0.490 e. The third-order valence-corrected chi connectivity index (χ3v) is 6.05. The molecule has 0 radical (unpaired) electrons. The van der Waals surface area contributed by atoms with Gasteiger partial charge in [0.25, 0.3) is 0 Å². The molecule has 3 heterocycles. The monoisotopic (exact) mass is 464 g/mol. The lowest BCUT2D eigenvalue weighted by Crippen LogP contribution is -2.42. The first kappa shape index (κ1) is 23.0. The molecule has 2 fully saturated rings. The van der Waals surface area contributed by atoms with Gasteiger partial charge in [0.2, 0.25) is 5.91 Å². The van der Waals surface area contributed by atoms with Gasteiger partial charge in [0, 0.05) is 25.4 Å². The lowest BCUT2D eigenvalue weighted by Gasteiger charge is -2.32. The van der Waals surface area contributed by atoms with Crippen LogP contribution in [0.2, 0.25) is 0 Å². The second kappa shape index (κ2) is 8.97. The van der Waals surface area contributed by atoms with Crippen molar-refractivity contribution in [1.82, 2.24) is 9.97 Å². The number of rotatable bonds is 4. The van der Waals surface area contributed by atoms with Gasteiger partial charge < -0.3 is 15.2 Å². The first-order chi connectivity index (χ1) is 15.7. The molecular formula is C22H23F3N4O4. The lowest BCUT2D eigenvalue weighted by molar-refractivity contribution is -0.192. The van der Waals surface area contributed by atoms with Gasteiger partial charge in [-0.3, -0.25) is 9.69 Å². The number of ether oxygens (including phenoxy) is 1. The maximum absolute atomic E-state index is 13.5. The van der Waals surface area contributed by atoms with Crippen molar-refractivity contribution in [2.24, 2.45) is 5.92 Å². The van der Waals surface area contributed by atoms with Gasteiger partial charge in [-0.2, -0.15) is 13.2 Å². The number of aromatic nitrogens is 2. The minimum Gasteiger partial charge on any atom is -0.475 e. The van der Waals surface area contributed by atoms with E-state index >= 15 is 0 Å². The number of hydrogen-bond acceptors (Lipinski definition) is 6. The fourth-order valence-electron chi connectivity index (χ4n) is 4.11. The van der Waals surface area contributed by atoms with E-state index in [0.717, 1.165) is 47.9 Å². The summed E-state index contributed by atoms with van der Waals surface area (Å²) in [5.74, 6) is -1.84. The van der Waals surface area contributed by atoms with Crippen LogP contribution in [0.5, 0.6) is 0 Å². The minimum atomic E-state index is -5.08. The molecule has 1 aromatic heterocycles. The molecular weight excluding hydrogens is 441 g/mol. The Balaban J connectivity index is 0.000000325. The van der Waals surface area contributed by atoms with Crippen LogP contribution in [-0.4, -0.2) is 52.9 Å². The Kier molecular flexibility index (Phi) is 6.24. The van der Waals surface area contributed by atoms with E-state index in [4.69, 9.17) is 14.6 Å². The Morgan fingerprint density at radius 1 is 1.21 bits per heavy atom. The van der Waals surface area contributed by atoms with Gasteiger partial charge in [0.05, 0.1) is 29.2 Å². The number of benzene rings is 1. The predicted molar refractivity (Wildman–Crippen MR) is 112 cm³/mol. The van der Waals surface area contributed by atoms with E-state index in [1.807, 2.05) is 0 Å². The highest BCUT2D eigenvalue weighted by atomic mass is 19.4. The average Bonchev–Trinajstić information content (AvgIpc) is 3.60. The Morgan fingerprint density at radius 2 is 1.85 bits per heavy atom. The molecule has 11 heteroatoms. The summed E-state index contributed by atoms with van der Waals surface area (Å²) < 4.78 is 37.3. The van der Waals surface area contributed by atoms with Crippen LogP contribution in [0.15, 0.2) is 36.9 Å². The number of nitrogens with zero attached hydrogens (tertiary/aromatic N) is 3. The zero-order chi connectivity index (χ0) is 23.6. The van der Waals surface area contributed by atoms with Crippen molar-refractivity contribution in [2.75, 3.05) is 30.0 Å². The number of nitrogens with one attached hydrogen (secondary N) is 1. The van der Waals surface area contributed by atoms with Gasteiger partial charge in [-0.05, 0) is 55.4 Å². The van der Waals surface area contributed by atoms with Gasteiger partial charge in [-0.25, -0.2) is 14.8 Å². The van der Waals surface area contributed by atoms with Crippen LogP contribution in [0.25, 0.3) is 0 Å². The summed E-state index contributed by atoms with van der Waals surface area (Å²) in [5.41, 5.74) is 3.38. The van der Waals surface area contributed by atoms with Gasteiger partial charge in [0.1, 0.15) is 6.33 Å². The van der Waals surface area contributed by atoms with E-state index in [9.17, 15) is 18.0 Å². The number of alkyl halides is 3. The van der Waals surface area contributed by atoms with Crippen LogP contribution in [0.1, 0.15) is 31.2 Å². The zero-order valence-electron chi connectivity index (χ0n) is 17.6. The van der Waals surface area contributed by atoms with E-state index in [2.05, 4.69) is 33.5 Å². The van der Waals surface area contributed by atoms with Crippen molar-refractivity contribution in [3.8, 4) is 0 Å². The fraction of sp³-hybridized carbons (Fsp3) is 0.455. The van der Waals surface area contributed by atoms with Crippen molar-refractivity contribution >= 4 is 28.9 Å². The van der Waals surface area contributed by atoms with Crippen molar-refractivity contribution < 1.29 is 32.6 Å². The summed E-state index contributed by atoms with van der Waals surface area (Å²) in [4.78, 5) is 32.4. The van der Waals surface area contributed by atoms with Crippen LogP contribution >= 0.6 is 0 Å². The standard InChI is InChI=1S/C20H22N4O2.C2HF3O2/c25-19-20(5-7-26-8-6-20)17-9-15(23-10-14-1-2-14)3-4-18(17)24(19)16-11-21-13-22-12-16;3-2(4,5)1(6)7/h3-4,9,11-14,23H,1-2,5-8,10H2;(H,6,7). The smallest absolute Gasteiger partial charge is 0.475 e. The fourth-order valence-corrected chi connectivity index (χ4v) is 4.11. The predicted octanol–water partition coefficient (Wildman–Crippen LogP) is 3.66. The number of carboxylic acid groups (broad SMARTS) is 1. The number of carbonyl (C=O) groups is 2. The Morgan fingerprint density at radius 3 is 2.42 bits per heavy atom. The molecule has 3 aliphatic rings. The van der Waals surface area contributed by atoms with Gasteiger partial charge in [-0.15, -0.1) is 0 Å². The van der Waals surface area contributed by atoms with E-state index in [1.54, 1.807) is 17.3 Å². The highest BCUT2D eigenvalue weighted by Crippen LogP contribution is 2.51. The van der Waals surface area contributed by atoms with Crippen molar-refractivity contribution in [3.63, 3.8) is 0 Å². The van der Waals surface area contributed by atoms with Crippen molar-refractivity contribution in [2.45, 2.75) is 37.3 Å². The van der Waals surface area contributed by atoms with Crippen LogP contribution in [0.3, 0.4) is 0 Å². The maximum atomic E-state index is 13.5. The molecule has 0 unspecified atom stereocenters. The molecule has 8 nitrogen and oxygen atoms in total. The number of carbonyl (C=O) groups excluding carboxylic acids is 1. The molecule has 1 aromatic carbocycles. The average molecular weight is 464 g/mol. The molecule has 1 amide bonds. The number of halogens is 3. The molecule has 176 valence electrons. The van der Waals surface area contributed by atoms with Crippen molar-refractivity contribution in [3.05, 3.63) is 42.5 Å². The molecule has 0 bridgehead atoms. The Bertz CT molecular complexity index is 1020. The van der Waals surface area contributed by atoms with Gasteiger partial charge in [-0.1, -0.05) is 0 Å². The largest absolute Gasteiger partial charge is 0.490 e. The van der Waals surface area contributed by atoms with Crippen LogP contribution in [0.4, 0.5) is 30.2 Å². The second-order valence-corrected chi connectivity index (χ2v) is 8.29. The Labute approximate surface area is 187 Å². The summed E-state index contributed by atoms with van der Waals surface area (Å²) in [5, 5.41) is 10.7. The van der Waals surface area contributed by atoms with Gasteiger partial charge in [0.15, 0.2) is 0 Å². The summed E-state index contributed by atoms with van der Waals surface area (Å²) >= 11 is 0. The molecule has 33 heavy (non-hydrogen) atoms. The first-order valence-electron chi connectivity index (χ1n) is 10.6. The normalized spacial score (nSPS) is 19.0. The summed E-state index contributed by atoms with van der Waals surface area (Å²) in [6.45, 7) is 2.24. The first-order valence-corrected chi connectivity index (χ1v) is 10.6. The topological polar surface area (TPSA) is 105 Å². The van der Waals surface area contributed by atoms with E-state index in [-0.39, 0.29) is 5.91 Å². The molecule has 5 rings (SSSR count). The Hall–Kier alpha value is -3.21. The highest BCUT2D eigenvalue weighted by Gasteiger charge is 2.52. The number of anilines is 3. The van der Waals surface area contributed by atoms with Crippen molar-refractivity contribution in [1.29, 1.82) is 0 Å². The lowest BCUT2D eigenvalue weighted by atomic mass is 9.75. The van der Waals surface area contributed by atoms with E-state index in [1.165, 1.54) is 19.2 Å².